The Morgan fingerprint density at radius 2 is 2.03 bits per heavy atom. The first kappa shape index (κ1) is 23.7. The fraction of sp³-hybridized carbons (Fsp3) is 0.583. The van der Waals surface area contributed by atoms with Gasteiger partial charge in [0, 0.05) is 44.1 Å². The summed E-state index contributed by atoms with van der Waals surface area (Å²) in [6.45, 7) is 9.38. The van der Waals surface area contributed by atoms with Crippen molar-refractivity contribution in [2.75, 3.05) is 54.5 Å². The monoisotopic (exact) mass is 484 g/mol. The highest BCUT2D eigenvalue weighted by Gasteiger charge is 2.38. The van der Waals surface area contributed by atoms with E-state index in [0.717, 1.165) is 36.2 Å². The Labute approximate surface area is 204 Å². The average Bonchev–Trinajstić information content (AvgIpc) is 3.25. The lowest BCUT2D eigenvalue weighted by Gasteiger charge is -2.38. The summed E-state index contributed by atoms with van der Waals surface area (Å²) >= 11 is 0. The fourth-order valence-corrected chi connectivity index (χ4v) is 4.49. The van der Waals surface area contributed by atoms with Gasteiger partial charge in [0.2, 0.25) is 5.95 Å². The van der Waals surface area contributed by atoms with Crippen molar-refractivity contribution < 1.29 is 14.2 Å². The summed E-state index contributed by atoms with van der Waals surface area (Å²) in [4.78, 5) is 17.5. The largest absolute Gasteiger partial charge is 0.387 e. The summed E-state index contributed by atoms with van der Waals surface area (Å²) in [6, 6.07) is 3.99. The quantitative estimate of drug-likeness (QED) is 0.546. The lowest BCUT2D eigenvalue weighted by Crippen LogP contribution is -2.52. The Morgan fingerprint density at radius 3 is 2.77 bits per heavy atom. The maximum absolute atomic E-state index is 14.4. The molecular formula is C24H33FN8O2. The van der Waals surface area contributed by atoms with Crippen molar-refractivity contribution in [2.45, 2.75) is 51.4 Å². The van der Waals surface area contributed by atoms with E-state index in [1.807, 2.05) is 12.3 Å². The summed E-state index contributed by atoms with van der Waals surface area (Å²) < 4.78 is 22.0. The van der Waals surface area contributed by atoms with E-state index in [1.54, 1.807) is 17.2 Å². The predicted octanol–water partition coefficient (Wildman–Crippen LogP) is 3.07. The van der Waals surface area contributed by atoms with Crippen molar-refractivity contribution >= 4 is 34.3 Å². The van der Waals surface area contributed by atoms with Crippen LogP contribution >= 0.6 is 0 Å². The molecule has 0 amide bonds. The zero-order valence-electron chi connectivity index (χ0n) is 20.5. The van der Waals surface area contributed by atoms with E-state index in [1.165, 1.54) is 6.92 Å². The smallest absolute Gasteiger partial charge is 0.227 e. The second kappa shape index (κ2) is 9.54. The van der Waals surface area contributed by atoms with Crippen LogP contribution in [-0.2, 0) is 4.74 Å². The van der Waals surface area contributed by atoms with E-state index in [2.05, 4.69) is 43.7 Å². The molecule has 2 aliphatic rings. The molecule has 2 aliphatic heterocycles. The van der Waals surface area contributed by atoms with Crippen molar-refractivity contribution in [3.8, 4) is 0 Å². The number of hydrogen-bond acceptors (Lipinski definition) is 9. The number of fused-ring (bicyclic) bond motifs is 1. The van der Waals surface area contributed by atoms with Gasteiger partial charge >= 0.3 is 0 Å². The molecule has 0 spiro atoms. The third kappa shape index (κ3) is 4.74. The molecule has 11 heteroatoms. The number of hydrogen-bond donors (Lipinski definition) is 2. The second-order valence-corrected chi connectivity index (χ2v) is 9.60. The van der Waals surface area contributed by atoms with Crippen LogP contribution in [0.4, 0.5) is 27.8 Å². The first-order chi connectivity index (χ1) is 16.9. The van der Waals surface area contributed by atoms with Crippen LogP contribution in [0.1, 0.15) is 39.7 Å². The molecule has 0 radical (unpaired) electrons. The van der Waals surface area contributed by atoms with Crippen LogP contribution in [0, 0.1) is 0 Å². The molecular weight excluding hydrogens is 451 g/mol. The lowest BCUT2D eigenvalue weighted by molar-refractivity contribution is -0.0332. The SMILES string of the molecule is CC[C@@H](C)n1nc(N2CCOCC2)c2cnc(Nc3ccnc(N4CC[C@](C)(O)[C@H](F)C4)n3)cc21. The van der Waals surface area contributed by atoms with Crippen molar-refractivity contribution in [2.24, 2.45) is 0 Å². The first-order valence-electron chi connectivity index (χ1n) is 12.3. The number of nitrogens with one attached hydrogen (secondary N) is 1. The van der Waals surface area contributed by atoms with Crippen molar-refractivity contribution in [3.05, 3.63) is 24.5 Å². The Balaban J connectivity index is 1.41. The third-order valence-corrected chi connectivity index (χ3v) is 7.02. The Kier molecular flexibility index (Phi) is 6.45. The maximum Gasteiger partial charge on any atom is 0.227 e. The average molecular weight is 485 g/mol. The number of anilines is 4. The van der Waals surface area contributed by atoms with Gasteiger partial charge in [0.15, 0.2) is 5.82 Å². The molecule has 0 saturated carbocycles. The summed E-state index contributed by atoms with van der Waals surface area (Å²) in [5.41, 5.74) is -0.309. The van der Waals surface area contributed by atoms with Gasteiger partial charge in [-0.2, -0.15) is 10.1 Å². The molecule has 2 fully saturated rings. The van der Waals surface area contributed by atoms with Crippen LogP contribution in [0.3, 0.4) is 0 Å². The summed E-state index contributed by atoms with van der Waals surface area (Å²) in [5.74, 6) is 2.57. The topological polar surface area (TPSA) is 104 Å². The zero-order valence-corrected chi connectivity index (χ0v) is 20.5. The summed E-state index contributed by atoms with van der Waals surface area (Å²) in [6.07, 6.45) is 3.42. The minimum Gasteiger partial charge on any atom is -0.387 e. The number of rotatable bonds is 6. The van der Waals surface area contributed by atoms with Gasteiger partial charge in [0.1, 0.15) is 17.8 Å². The molecule has 0 aliphatic carbocycles. The van der Waals surface area contributed by atoms with Gasteiger partial charge in [0.25, 0.3) is 0 Å². The number of alkyl halides is 1. The highest BCUT2D eigenvalue weighted by molar-refractivity contribution is 5.92. The number of nitrogens with zero attached hydrogens (tertiary/aromatic N) is 7. The van der Waals surface area contributed by atoms with E-state index >= 15 is 0 Å². The van der Waals surface area contributed by atoms with Gasteiger partial charge < -0.3 is 25.0 Å². The predicted molar refractivity (Wildman–Crippen MR) is 133 cm³/mol. The zero-order chi connectivity index (χ0) is 24.6. The second-order valence-electron chi connectivity index (χ2n) is 9.60. The number of ether oxygens (including phenoxy) is 1. The normalized spacial score (nSPS) is 24.1. The number of pyridine rings is 1. The highest BCUT2D eigenvalue weighted by atomic mass is 19.1. The number of piperidine rings is 1. The molecule has 10 nitrogen and oxygen atoms in total. The van der Waals surface area contributed by atoms with Gasteiger partial charge in [-0.05, 0) is 32.8 Å². The van der Waals surface area contributed by atoms with Crippen molar-refractivity contribution in [3.63, 3.8) is 0 Å². The molecule has 35 heavy (non-hydrogen) atoms. The number of morpholine rings is 1. The van der Waals surface area contributed by atoms with Crippen molar-refractivity contribution in [1.29, 1.82) is 0 Å². The molecule has 0 aromatic carbocycles. The van der Waals surface area contributed by atoms with Gasteiger partial charge in [-0.3, -0.25) is 4.68 Å². The Bertz CT molecular complexity index is 1180. The molecule has 2 N–H and O–H groups in total. The maximum atomic E-state index is 14.4. The Morgan fingerprint density at radius 1 is 1.23 bits per heavy atom. The van der Waals surface area contributed by atoms with Crippen LogP contribution < -0.4 is 15.1 Å². The van der Waals surface area contributed by atoms with Crippen molar-refractivity contribution in [1.82, 2.24) is 24.7 Å². The molecule has 0 bridgehead atoms. The Hall–Kier alpha value is -3.05. The minimum absolute atomic E-state index is 0.0546. The van der Waals surface area contributed by atoms with Crippen LogP contribution in [0.5, 0.6) is 0 Å². The van der Waals surface area contributed by atoms with Crippen LogP contribution in [0.15, 0.2) is 24.5 Å². The molecule has 3 aromatic heterocycles. The lowest BCUT2D eigenvalue weighted by atomic mass is 9.92. The molecule has 3 atom stereocenters. The van der Waals surface area contributed by atoms with Gasteiger partial charge in [-0.15, -0.1) is 0 Å². The van der Waals surface area contributed by atoms with Gasteiger partial charge in [0.05, 0.1) is 36.3 Å². The number of halogens is 1. The minimum atomic E-state index is -1.36. The summed E-state index contributed by atoms with van der Waals surface area (Å²) in [5, 5.41) is 19.4. The van der Waals surface area contributed by atoms with Gasteiger partial charge in [-0.25, -0.2) is 14.4 Å². The first-order valence-corrected chi connectivity index (χ1v) is 12.3. The van der Waals surface area contributed by atoms with E-state index < -0.39 is 11.8 Å². The number of aliphatic hydroxyl groups is 1. The molecule has 188 valence electrons. The van der Waals surface area contributed by atoms with Crippen LogP contribution in [0.2, 0.25) is 0 Å². The van der Waals surface area contributed by atoms with E-state index in [0.29, 0.717) is 43.8 Å². The third-order valence-electron chi connectivity index (χ3n) is 7.02. The summed E-state index contributed by atoms with van der Waals surface area (Å²) in [7, 11) is 0. The van der Waals surface area contributed by atoms with Crippen LogP contribution in [0.25, 0.3) is 10.9 Å². The van der Waals surface area contributed by atoms with E-state index in [-0.39, 0.29) is 12.6 Å². The highest BCUT2D eigenvalue weighted by Crippen LogP contribution is 2.32. The molecule has 2 saturated heterocycles. The molecule has 5 rings (SSSR count). The van der Waals surface area contributed by atoms with Crippen LogP contribution in [-0.4, -0.2) is 81.0 Å². The molecule has 5 heterocycles. The van der Waals surface area contributed by atoms with E-state index in [9.17, 15) is 9.50 Å². The molecule has 3 aromatic rings. The number of aromatic nitrogens is 5. The van der Waals surface area contributed by atoms with Gasteiger partial charge in [-0.1, -0.05) is 6.92 Å². The fourth-order valence-electron chi connectivity index (χ4n) is 4.49. The van der Waals surface area contributed by atoms with E-state index in [4.69, 9.17) is 9.84 Å². The molecule has 0 unspecified atom stereocenters. The standard InChI is InChI=1S/C24H33FN8O2/c1-4-16(2)33-18-13-21(27-14-17(18)22(30-33)31-9-11-35-12-10-31)28-20-5-7-26-23(29-20)32-8-6-24(3,34)19(25)15-32/h5,7,13-14,16,19,34H,4,6,8-12,15H2,1-3H3,(H,26,27,28,29)/t16-,19-,24+/m1/s1.